The fraction of sp³-hybridized carbons (Fsp3) is 0.562. The monoisotopic (exact) mass is 436 g/mol. The SMILES string of the molecule is O=C(ON1C(=O)CC(SOO[O-])C1=O)C1CCC(CN2C(=O)C=CC2=O)CC1.[Na+]. The second kappa shape index (κ2) is 10.7. The van der Waals surface area contributed by atoms with Gasteiger partial charge in [-0.1, -0.05) is 0 Å². The smallest absolute Gasteiger partial charge is 0.691 e. The van der Waals surface area contributed by atoms with Crippen LogP contribution in [0.3, 0.4) is 0 Å². The van der Waals surface area contributed by atoms with Crippen molar-refractivity contribution in [2.75, 3.05) is 6.54 Å². The molecule has 0 bridgehead atoms. The molecule has 1 saturated carbocycles. The van der Waals surface area contributed by atoms with Crippen molar-refractivity contribution in [2.45, 2.75) is 37.4 Å². The number of hydrogen-bond donors (Lipinski definition) is 0. The molecule has 3 rings (SSSR count). The van der Waals surface area contributed by atoms with Crippen LogP contribution in [-0.4, -0.2) is 51.4 Å². The van der Waals surface area contributed by atoms with E-state index in [-0.39, 0.29) is 53.7 Å². The molecule has 0 radical (unpaired) electrons. The fourth-order valence-electron chi connectivity index (χ4n) is 3.43. The number of hydroxylamine groups is 2. The standard InChI is InChI=1S/C16H18N2O9S.Na/c19-12-5-6-13(20)17(12)8-9-1-3-10(4-2-9)16(23)25-18-14(21)7-11(15(18)22)28-27-26-24;/h5-6,9-11,24H,1-4,7-8H2;/q;+1/p-1. The molecule has 1 aliphatic carbocycles. The molecule has 152 valence electrons. The van der Waals surface area contributed by atoms with E-state index in [0.717, 1.165) is 0 Å². The van der Waals surface area contributed by atoms with E-state index in [1.54, 1.807) is 0 Å². The number of nitrogens with zero attached hydrogens (tertiary/aromatic N) is 2. The summed E-state index contributed by atoms with van der Waals surface area (Å²) in [6, 6.07) is 0. The number of carbonyl (C=O) groups is 5. The first-order chi connectivity index (χ1) is 13.4. The van der Waals surface area contributed by atoms with Crippen molar-refractivity contribution >= 4 is 41.6 Å². The molecule has 29 heavy (non-hydrogen) atoms. The van der Waals surface area contributed by atoms with E-state index in [4.69, 9.17) is 4.84 Å². The maximum absolute atomic E-state index is 12.3. The number of hydrogen-bond acceptors (Lipinski definition) is 10. The summed E-state index contributed by atoms with van der Waals surface area (Å²) < 4.78 is 4.05. The van der Waals surface area contributed by atoms with Crippen LogP contribution in [0.2, 0.25) is 0 Å². The van der Waals surface area contributed by atoms with Crippen LogP contribution in [0.25, 0.3) is 0 Å². The van der Waals surface area contributed by atoms with Crippen LogP contribution in [0.1, 0.15) is 32.1 Å². The summed E-state index contributed by atoms with van der Waals surface area (Å²) in [5.41, 5.74) is 0. The van der Waals surface area contributed by atoms with Crippen molar-refractivity contribution in [1.82, 2.24) is 9.96 Å². The van der Waals surface area contributed by atoms with Gasteiger partial charge in [0, 0.05) is 30.7 Å². The van der Waals surface area contributed by atoms with E-state index in [1.165, 1.54) is 17.1 Å². The Morgan fingerprint density at radius 2 is 1.72 bits per heavy atom. The zero-order valence-electron chi connectivity index (χ0n) is 15.6. The first kappa shape index (κ1) is 24.0. The number of rotatable bonds is 7. The zero-order valence-corrected chi connectivity index (χ0v) is 18.4. The molecule has 11 nitrogen and oxygen atoms in total. The van der Waals surface area contributed by atoms with Gasteiger partial charge in [-0.3, -0.25) is 29.1 Å². The molecule has 2 aliphatic heterocycles. The zero-order chi connectivity index (χ0) is 20.3. The third-order valence-corrected chi connectivity index (χ3v) is 5.68. The van der Waals surface area contributed by atoms with Crippen molar-refractivity contribution in [3.05, 3.63) is 12.2 Å². The second-order valence-electron chi connectivity index (χ2n) is 6.70. The molecule has 0 N–H and O–H groups in total. The van der Waals surface area contributed by atoms with Gasteiger partial charge in [-0.2, -0.15) is 4.33 Å². The van der Waals surface area contributed by atoms with E-state index < -0.39 is 29.0 Å². The molecule has 0 aromatic carbocycles. The minimum Gasteiger partial charge on any atom is -0.691 e. The van der Waals surface area contributed by atoms with Crippen LogP contribution in [0, 0.1) is 11.8 Å². The maximum Gasteiger partial charge on any atom is 1.00 e. The van der Waals surface area contributed by atoms with Crippen molar-refractivity contribution in [3.63, 3.8) is 0 Å². The molecular weight excluding hydrogens is 419 g/mol. The largest absolute Gasteiger partial charge is 1.00 e. The molecule has 1 atom stereocenters. The van der Waals surface area contributed by atoms with Gasteiger partial charge in [0.2, 0.25) is 0 Å². The molecule has 4 amide bonds. The number of amides is 4. The Bertz CT molecular complexity index is 705. The van der Waals surface area contributed by atoms with Crippen LogP contribution in [-0.2, 0) is 38.2 Å². The minimum absolute atomic E-state index is 0. The van der Waals surface area contributed by atoms with Crippen LogP contribution >= 0.6 is 12.0 Å². The Kier molecular flexibility index (Phi) is 8.82. The van der Waals surface area contributed by atoms with E-state index in [0.29, 0.717) is 49.3 Å². The Labute approximate surface area is 192 Å². The van der Waals surface area contributed by atoms with Gasteiger partial charge < -0.3 is 10.1 Å². The van der Waals surface area contributed by atoms with Crippen molar-refractivity contribution in [3.8, 4) is 0 Å². The summed E-state index contributed by atoms with van der Waals surface area (Å²) in [5, 5.41) is 12.4. The third-order valence-electron chi connectivity index (χ3n) is 4.95. The van der Waals surface area contributed by atoms with Gasteiger partial charge in [0.25, 0.3) is 23.6 Å². The summed E-state index contributed by atoms with van der Waals surface area (Å²) >= 11 is 0.375. The van der Waals surface area contributed by atoms with Crippen LogP contribution in [0.4, 0.5) is 0 Å². The quantitative estimate of drug-likeness (QED) is 0.128. The fourth-order valence-corrected chi connectivity index (χ4v) is 3.95. The Morgan fingerprint density at radius 3 is 2.31 bits per heavy atom. The van der Waals surface area contributed by atoms with Gasteiger partial charge in [0.1, 0.15) is 5.25 Å². The predicted octanol–water partition coefficient (Wildman–Crippen LogP) is -3.82. The van der Waals surface area contributed by atoms with Gasteiger partial charge >= 0.3 is 35.5 Å². The Hall–Kier alpha value is -1.28. The van der Waals surface area contributed by atoms with E-state index in [9.17, 15) is 29.2 Å². The Morgan fingerprint density at radius 1 is 1.10 bits per heavy atom. The summed E-state index contributed by atoms with van der Waals surface area (Å²) in [6.07, 6.45) is 4.30. The van der Waals surface area contributed by atoms with Crippen molar-refractivity contribution in [2.24, 2.45) is 11.8 Å². The second-order valence-corrected chi connectivity index (χ2v) is 7.60. The van der Waals surface area contributed by atoms with Gasteiger partial charge in [0.15, 0.2) is 0 Å². The molecule has 1 saturated heterocycles. The van der Waals surface area contributed by atoms with Gasteiger partial charge in [-0.15, -0.1) is 5.06 Å². The number of imide groups is 2. The summed E-state index contributed by atoms with van der Waals surface area (Å²) in [6.45, 7) is 0.302. The summed E-state index contributed by atoms with van der Waals surface area (Å²) in [4.78, 5) is 65.6. The topological polar surface area (TPSA) is 143 Å². The molecule has 13 heteroatoms. The average molecular weight is 436 g/mol. The van der Waals surface area contributed by atoms with E-state index in [2.05, 4.69) is 9.37 Å². The predicted molar refractivity (Wildman–Crippen MR) is 87.4 cm³/mol. The van der Waals surface area contributed by atoms with Gasteiger partial charge in [-0.25, -0.2) is 4.79 Å². The molecule has 1 unspecified atom stereocenters. The summed E-state index contributed by atoms with van der Waals surface area (Å²) in [5.74, 6) is -3.29. The molecule has 2 heterocycles. The first-order valence-electron chi connectivity index (χ1n) is 8.64. The molecule has 2 fully saturated rings. The van der Waals surface area contributed by atoms with E-state index >= 15 is 0 Å². The molecule has 0 aromatic heterocycles. The van der Waals surface area contributed by atoms with Crippen molar-refractivity contribution < 1.29 is 73.0 Å². The maximum atomic E-state index is 12.3. The van der Waals surface area contributed by atoms with Crippen molar-refractivity contribution in [1.29, 1.82) is 0 Å². The average Bonchev–Trinajstić information content (AvgIpc) is 3.14. The van der Waals surface area contributed by atoms with Gasteiger partial charge in [-0.05, 0) is 31.6 Å². The molecule has 0 aromatic rings. The molecule has 3 aliphatic rings. The third kappa shape index (κ3) is 5.66. The van der Waals surface area contributed by atoms with Crippen LogP contribution in [0.15, 0.2) is 12.2 Å². The normalized spacial score (nSPS) is 26.9. The number of carbonyl (C=O) groups excluding carboxylic acids is 5. The molecule has 0 spiro atoms. The Balaban J connectivity index is 0.00000300. The summed E-state index contributed by atoms with van der Waals surface area (Å²) in [7, 11) is 0. The minimum atomic E-state index is -1.02. The van der Waals surface area contributed by atoms with Crippen LogP contribution < -0.4 is 34.8 Å². The first-order valence-corrected chi connectivity index (χ1v) is 9.45. The van der Waals surface area contributed by atoms with Crippen LogP contribution in [0.5, 0.6) is 0 Å². The molecular formula is C16H17N2NaO9S. The van der Waals surface area contributed by atoms with E-state index in [1.807, 2.05) is 0 Å². The van der Waals surface area contributed by atoms with Gasteiger partial charge in [0.05, 0.1) is 12.3 Å².